The third kappa shape index (κ3) is 6.10. The SMILES string of the molecule is O=C1N=NC(CN2CCOC(OCc3cc(C(F)(F)F)cc(C(F)(F)F)c3)C2c2ccccc2)=N1. The molecule has 0 radical (unpaired) electrons. The number of ether oxygens (including phenoxy) is 2. The highest BCUT2D eigenvalue weighted by atomic mass is 19.4. The zero-order valence-electron chi connectivity index (χ0n) is 17.9. The van der Waals surface area contributed by atoms with Crippen molar-refractivity contribution < 1.29 is 40.6 Å². The summed E-state index contributed by atoms with van der Waals surface area (Å²) in [6.45, 7) is 0.0838. The van der Waals surface area contributed by atoms with Gasteiger partial charge in [-0.05, 0) is 29.3 Å². The van der Waals surface area contributed by atoms with Crippen LogP contribution in [0.1, 0.15) is 28.3 Å². The molecule has 0 aromatic heterocycles. The molecule has 4 rings (SSSR count). The van der Waals surface area contributed by atoms with Gasteiger partial charge in [0.05, 0.1) is 36.9 Å². The van der Waals surface area contributed by atoms with Crippen molar-refractivity contribution in [2.75, 3.05) is 19.7 Å². The smallest absolute Gasteiger partial charge is 0.349 e. The average molecular weight is 500 g/mol. The molecule has 186 valence electrons. The minimum absolute atomic E-state index is 0.0628. The Morgan fingerprint density at radius 3 is 2.20 bits per heavy atom. The summed E-state index contributed by atoms with van der Waals surface area (Å²) in [6, 6.07) is 8.81. The first-order valence-electron chi connectivity index (χ1n) is 10.3. The highest BCUT2D eigenvalue weighted by Gasteiger charge is 2.38. The molecule has 0 saturated carbocycles. The van der Waals surface area contributed by atoms with Crippen LogP contribution in [0, 0.1) is 0 Å². The molecule has 13 heteroatoms. The number of halogens is 6. The van der Waals surface area contributed by atoms with E-state index in [1.807, 2.05) is 4.90 Å². The predicted molar refractivity (Wildman–Crippen MR) is 109 cm³/mol. The maximum atomic E-state index is 13.2. The summed E-state index contributed by atoms with van der Waals surface area (Å²) < 4.78 is 90.6. The van der Waals surface area contributed by atoms with Crippen LogP contribution in [0.5, 0.6) is 0 Å². The molecule has 7 nitrogen and oxygen atoms in total. The normalized spacial score (nSPS) is 21.4. The number of azo groups is 1. The first-order valence-corrected chi connectivity index (χ1v) is 10.3. The number of alkyl halides is 6. The van der Waals surface area contributed by atoms with Crippen molar-refractivity contribution in [3.05, 3.63) is 70.8 Å². The first-order chi connectivity index (χ1) is 16.5. The van der Waals surface area contributed by atoms with Crippen LogP contribution in [-0.4, -0.2) is 42.8 Å². The third-order valence-corrected chi connectivity index (χ3v) is 5.33. The maximum Gasteiger partial charge on any atom is 0.416 e. The van der Waals surface area contributed by atoms with Crippen molar-refractivity contribution in [2.24, 2.45) is 15.2 Å². The van der Waals surface area contributed by atoms with E-state index in [9.17, 15) is 31.1 Å². The van der Waals surface area contributed by atoms with Crippen molar-refractivity contribution in [3.8, 4) is 0 Å². The fourth-order valence-electron chi connectivity index (χ4n) is 3.81. The van der Waals surface area contributed by atoms with Crippen molar-refractivity contribution in [2.45, 2.75) is 31.3 Å². The molecule has 1 fully saturated rings. The van der Waals surface area contributed by atoms with Crippen LogP contribution < -0.4 is 0 Å². The number of aliphatic imine (C=N–C) groups is 1. The summed E-state index contributed by atoms with van der Waals surface area (Å²) in [4.78, 5) is 16.8. The van der Waals surface area contributed by atoms with Gasteiger partial charge in [0, 0.05) is 6.54 Å². The van der Waals surface area contributed by atoms with Crippen LogP contribution in [0.25, 0.3) is 0 Å². The van der Waals surface area contributed by atoms with Crippen LogP contribution in [0.2, 0.25) is 0 Å². The molecule has 2 heterocycles. The minimum Gasteiger partial charge on any atom is -0.349 e. The Balaban J connectivity index is 1.59. The van der Waals surface area contributed by atoms with Crippen LogP contribution in [0.4, 0.5) is 31.1 Å². The van der Waals surface area contributed by atoms with Gasteiger partial charge in [-0.15, -0.1) is 5.11 Å². The van der Waals surface area contributed by atoms with Gasteiger partial charge in [-0.1, -0.05) is 35.4 Å². The van der Waals surface area contributed by atoms with E-state index in [0.29, 0.717) is 18.7 Å². The van der Waals surface area contributed by atoms with E-state index in [1.54, 1.807) is 30.3 Å². The number of benzene rings is 2. The van der Waals surface area contributed by atoms with Gasteiger partial charge >= 0.3 is 18.4 Å². The van der Waals surface area contributed by atoms with Gasteiger partial charge in [-0.2, -0.15) is 31.3 Å². The molecule has 2 aliphatic heterocycles. The van der Waals surface area contributed by atoms with E-state index < -0.39 is 48.4 Å². The molecule has 0 N–H and O–H groups in total. The van der Waals surface area contributed by atoms with Crippen molar-refractivity contribution >= 4 is 11.9 Å². The molecular weight excluding hydrogens is 482 g/mol. The quantitative estimate of drug-likeness (QED) is 0.483. The molecule has 2 aromatic rings. The van der Waals surface area contributed by atoms with Crippen molar-refractivity contribution in [1.29, 1.82) is 0 Å². The lowest BCUT2D eigenvalue weighted by atomic mass is 10.0. The summed E-state index contributed by atoms with van der Waals surface area (Å²) in [6.07, 6.45) is -11.0. The molecule has 35 heavy (non-hydrogen) atoms. The minimum atomic E-state index is -4.96. The summed E-state index contributed by atoms with van der Waals surface area (Å²) in [5, 5.41) is 7.05. The summed E-state index contributed by atoms with van der Waals surface area (Å²) in [7, 11) is 0. The number of rotatable bonds is 6. The Bertz CT molecular complexity index is 1100. The second-order valence-corrected chi connectivity index (χ2v) is 7.80. The number of amidine groups is 1. The summed E-state index contributed by atoms with van der Waals surface area (Å²) in [5.41, 5.74) is -2.43. The number of amides is 2. The van der Waals surface area contributed by atoms with Gasteiger partial charge in [0.25, 0.3) is 0 Å². The van der Waals surface area contributed by atoms with Crippen LogP contribution in [0.3, 0.4) is 0 Å². The molecule has 2 unspecified atom stereocenters. The van der Waals surface area contributed by atoms with Gasteiger partial charge in [0.1, 0.15) is 0 Å². The molecule has 0 aliphatic carbocycles. The monoisotopic (exact) mass is 500 g/mol. The van der Waals surface area contributed by atoms with Gasteiger partial charge in [-0.3, -0.25) is 4.90 Å². The number of hydrogen-bond donors (Lipinski definition) is 0. The molecule has 0 spiro atoms. The number of carbonyl (C=O) groups excluding carboxylic acids is 1. The van der Waals surface area contributed by atoms with E-state index in [2.05, 4.69) is 15.2 Å². The Kier molecular flexibility index (Phi) is 7.01. The lowest BCUT2D eigenvalue weighted by Gasteiger charge is -2.40. The largest absolute Gasteiger partial charge is 0.416 e. The van der Waals surface area contributed by atoms with Crippen LogP contribution in [-0.2, 0) is 28.4 Å². The van der Waals surface area contributed by atoms with E-state index >= 15 is 0 Å². The van der Waals surface area contributed by atoms with Crippen LogP contribution >= 0.6 is 0 Å². The lowest BCUT2D eigenvalue weighted by Crippen LogP contribution is -2.48. The number of morpholine rings is 1. The van der Waals surface area contributed by atoms with E-state index in [1.165, 1.54) is 0 Å². The van der Waals surface area contributed by atoms with Crippen LogP contribution in [0.15, 0.2) is 63.8 Å². The maximum absolute atomic E-state index is 13.2. The fraction of sp³-hybridized carbons (Fsp3) is 0.364. The van der Waals surface area contributed by atoms with Gasteiger partial charge in [0.2, 0.25) is 0 Å². The second kappa shape index (κ2) is 9.84. The molecule has 1 saturated heterocycles. The van der Waals surface area contributed by atoms with E-state index in [0.717, 1.165) is 5.56 Å². The third-order valence-electron chi connectivity index (χ3n) is 5.33. The molecule has 2 aromatic carbocycles. The molecule has 2 aliphatic rings. The average Bonchev–Trinajstić information content (AvgIpc) is 3.21. The van der Waals surface area contributed by atoms with Crippen molar-refractivity contribution in [1.82, 2.24) is 4.90 Å². The number of urea groups is 1. The number of nitrogens with zero attached hydrogens (tertiary/aromatic N) is 4. The highest BCUT2D eigenvalue weighted by molar-refractivity contribution is 5.99. The van der Waals surface area contributed by atoms with E-state index in [4.69, 9.17) is 9.47 Å². The molecule has 2 amide bonds. The number of hydrogen-bond acceptors (Lipinski definition) is 5. The molecule has 2 atom stereocenters. The molecular formula is C22H18F6N4O3. The standard InChI is InChI=1S/C22H18F6N4O3/c23-21(24,25)15-8-13(9-16(10-15)22(26,27)28)12-35-19-18(14-4-2-1-3-5-14)32(6-7-34-19)11-17-29-20(33)31-30-17/h1-5,8-10,18-19H,6-7,11-12H2. The van der Waals surface area contributed by atoms with Crippen molar-refractivity contribution in [3.63, 3.8) is 0 Å². The fourth-order valence-corrected chi connectivity index (χ4v) is 3.81. The van der Waals surface area contributed by atoms with Gasteiger partial charge < -0.3 is 9.47 Å². The Hall–Kier alpha value is -3.16. The summed E-state index contributed by atoms with van der Waals surface area (Å²) >= 11 is 0. The Morgan fingerprint density at radius 2 is 1.63 bits per heavy atom. The lowest BCUT2D eigenvalue weighted by molar-refractivity contribution is -0.214. The summed E-state index contributed by atoms with van der Waals surface area (Å²) in [5.74, 6) is 0.171. The van der Waals surface area contributed by atoms with Gasteiger partial charge in [-0.25, -0.2) is 4.79 Å². The Morgan fingerprint density at radius 1 is 0.971 bits per heavy atom. The zero-order valence-corrected chi connectivity index (χ0v) is 17.9. The molecule has 0 bridgehead atoms. The highest BCUT2D eigenvalue weighted by Crippen LogP contribution is 2.37. The van der Waals surface area contributed by atoms with Gasteiger partial charge in [0.15, 0.2) is 12.1 Å². The predicted octanol–water partition coefficient (Wildman–Crippen LogP) is 5.62. The van der Waals surface area contributed by atoms with E-state index in [-0.39, 0.29) is 30.6 Å². The topological polar surface area (TPSA) is 75.9 Å². The first kappa shape index (κ1) is 24.9. The zero-order chi connectivity index (χ0) is 25.2. The number of carbonyl (C=O) groups is 1. The second-order valence-electron chi connectivity index (χ2n) is 7.80. The Labute approximate surface area is 195 Å².